The number of carbonyl (C=O) groups is 1. The Balaban J connectivity index is 2.14. The van der Waals surface area contributed by atoms with Crippen LogP contribution >= 0.6 is 0 Å². The highest BCUT2D eigenvalue weighted by Gasteiger charge is 2.24. The summed E-state index contributed by atoms with van der Waals surface area (Å²) in [6.45, 7) is 9.76. The normalized spacial score (nSPS) is 12.3. The van der Waals surface area contributed by atoms with Gasteiger partial charge in [-0.25, -0.2) is 8.42 Å². The summed E-state index contributed by atoms with van der Waals surface area (Å²) in [6.07, 6.45) is 0. The standard InChI is InChI=1S/C21H28N2O3S/c1-15-8-7-9-16(2)20(15)22-19(24)14-23(6)27(25,26)18-12-10-17(11-13-18)21(3,4)5/h7-13H,14H2,1-6H3,(H,22,24). The first-order valence-electron chi connectivity index (χ1n) is 8.86. The Morgan fingerprint density at radius 2 is 1.52 bits per heavy atom. The van der Waals surface area contributed by atoms with E-state index in [0.29, 0.717) is 0 Å². The molecule has 0 saturated heterocycles. The fraction of sp³-hybridized carbons (Fsp3) is 0.381. The highest BCUT2D eigenvalue weighted by atomic mass is 32.2. The highest BCUT2D eigenvalue weighted by molar-refractivity contribution is 7.89. The largest absolute Gasteiger partial charge is 0.324 e. The number of nitrogens with zero attached hydrogens (tertiary/aromatic N) is 1. The zero-order valence-electron chi connectivity index (χ0n) is 16.8. The maximum Gasteiger partial charge on any atom is 0.243 e. The molecule has 0 aromatic heterocycles. The summed E-state index contributed by atoms with van der Waals surface area (Å²) in [5, 5.41) is 2.82. The number of aryl methyl sites for hydroxylation is 2. The van der Waals surface area contributed by atoms with Crippen LogP contribution in [0.1, 0.15) is 37.5 Å². The minimum atomic E-state index is -3.74. The molecule has 146 valence electrons. The van der Waals surface area contributed by atoms with Gasteiger partial charge >= 0.3 is 0 Å². The van der Waals surface area contributed by atoms with Gasteiger partial charge in [-0.15, -0.1) is 0 Å². The highest BCUT2D eigenvalue weighted by Crippen LogP contribution is 2.24. The third kappa shape index (κ3) is 4.96. The lowest BCUT2D eigenvalue weighted by Gasteiger charge is -2.21. The third-order valence-corrected chi connectivity index (χ3v) is 6.36. The fourth-order valence-corrected chi connectivity index (χ4v) is 3.91. The number of benzene rings is 2. The van der Waals surface area contributed by atoms with Gasteiger partial charge in [0.05, 0.1) is 11.4 Å². The van der Waals surface area contributed by atoms with E-state index < -0.39 is 10.0 Å². The molecule has 0 spiro atoms. The van der Waals surface area contributed by atoms with Crippen molar-refractivity contribution in [3.63, 3.8) is 0 Å². The SMILES string of the molecule is Cc1cccc(C)c1NC(=O)CN(C)S(=O)(=O)c1ccc(C(C)(C)C)cc1. The fourth-order valence-electron chi connectivity index (χ4n) is 2.78. The molecule has 6 heteroatoms. The van der Waals surface area contributed by atoms with Crippen molar-refractivity contribution < 1.29 is 13.2 Å². The number of hydrogen-bond donors (Lipinski definition) is 1. The third-order valence-electron chi connectivity index (χ3n) is 4.54. The number of rotatable bonds is 5. The Morgan fingerprint density at radius 1 is 1.00 bits per heavy atom. The second kappa shape index (κ2) is 7.82. The van der Waals surface area contributed by atoms with Crippen LogP contribution in [0.5, 0.6) is 0 Å². The van der Waals surface area contributed by atoms with Crippen molar-refractivity contribution in [2.75, 3.05) is 18.9 Å². The average Bonchev–Trinajstić information content (AvgIpc) is 2.57. The van der Waals surface area contributed by atoms with Crippen molar-refractivity contribution in [1.82, 2.24) is 4.31 Å². The minimum Gasteiger partial charge on any atom is -0.324 e. The second-order valence-electron chi connectivity index (χ2n) is 7.85. The number of carbonyl (C=O) groups excluding carboxylic acids is 1. The lowest BCUT2D eigenvalue weighted by atomic mass is 9.87. The lowest BCUT2D eigenvalue weighted by Crippen LogP contribution is -2.35. The summed E-state index contributed by atoms with van der Waals surface area (Å²) in [7, 11) is -2.32. The van der Waals surface area contributed by atoms with Crippen molar-refractivity contribution in [3.05, 3.63) is 59.2 Å². The molecule has 2 aromatic carbocycles. The van der Waals surface area contributed by atoms with Crippen LogP contribution in [0.25, 0.3) is 0 Å². The molecule has 0 radical (unpaired) electrons. The summed E-state index contributed by atoms with van der Waals surface area (Å²) < 4.78 is 26.6. The summed E-state index contributed by atoms with van der Waals surface area (Å²) in [4.78, 5) is 12.6. The topological polar surface area (TPSA) is 66.5 Å². The van der Waals surface area contributed by atoms with Crippen LogP contribution in [0.3, 0.4) is 0 Å². The Morgan fingerprint density at radius 3 is 2.00 bits per heavy atom. The summed E-state index contributed by atoms with van der Waals surface area (Å²) in [5.74, 6) is -0.371. The van der Waals surface area contributed by atoms with Crippen molar-refractivity contribution in [2.24, 2.45) is 0 Å². The molecule has 0 unspecified atom stereocenters. The monoisotopic (exact) mass is 388 g/mol. The molecule has 0 atom stereocenters. The van der Waals surface area contributed by atoms with Crippen molar-refractivity contribution >= 4 is 21.6 Å². The van der Waals surface area contributed by atoms with Gasteiger partial charge in [0.1, 0.15) is 0 Å². The van der Waals surface area contributed by atoms with Crippen LogP contribution in [-0.4, -0.2) is 32.2 Å². The van der Waals surface area contributed by atoms with Gasteiger partial charge in [0, 0.05) is 12.7 Å². The van der Waals surface area contributed by atoms with Crippen LogP contribution in [0.15, 0.2) is 47.4 Å². The first kappa shape index (κ1) is 21.1. The zero-order valence-corrected chi connectivity index (χ0v) is 17.6. The van der Waals surface area contributed by atoms with Crippen LogP contribution in [0.4, 0.5) is 5.69 Å². The van der Waals surface area contributed by atoms with Gasteiger partial charge in [-0.05, 0) is 48.1 Å². The van der Waals surface area contributed by atoms with Crippen LogP contribution in [0, 0.1) is 13.8 Å². The first-order chi connectivity index (χ1) is 12.4. The number of anilines is 1. The molecule has 0 heterocycles. The molecule has 2 aromatic rings. The number of para-hydroxylation sites is 1. The Kier molecular flexibility index (Phi) is 6.12. The molecule has 1 amide bonds. The molecule has 0 aliphatic rings. The van der Waals surface area contributed by atoms with E-state index in [-0.39, 0.29) is 22.8 Å². The smallest absolute Gasteiger partial charge is 0.243 e. The molecule has 27 heavy (non-hydrogen) atoms. The van der Waals surface area contributed by atoms with E-state index >= 15 is 0 Å². The van der Waals surface area contributed by atoms with Gasteiger partial charge in [0.25, 0.3) is 0 Å². The molecule has 0 aliphatic carbocycles. The Hall–Kier alpha value is -2.18. The van der Waals surface area contributed by atoms with E-state index in [1.165, 1.54) is 7.05 Å². The molecule has 2 rings (SSSR count). The summed E-state index contributed by atoms with van der Waals surface area (Å²) in [6, 6.07) is 12.5. The van der Waals surface area contributed by atoms with Gasteiger partial charge in [-0.1, -0.05) is 51.1 Å². The van der Waals surface area contributed by atoms with E-state index in [2.05, 4.69) is 26.1 Å². The van der Waals surface area contributed by atoms with E-state index in [9.17, 15) is 13.2 Å². The number of sulfonamides is 1. The van der Waals surface area contributed by atoms with Gasteiger partial charge in [0.15, 0.2) is 0 Å². The van der Waals surface area contributed by atoms with Crippen LogP contribution < -0.4 is 5.32 Å². The summed E-state index contributed by atoms with van der Waals surface area (Å²) >= 11 is 0. The number of amides is 1. The van der Waals surface area contributed by atoms with Crippen LogP contribution in [0.2, 0.25) is 0 Å². The van der Waals surface area contributed by atoms with Gasteiger partial charge in [-0.3, -0.25) is 4.79 Å². The molecule has 0 bridgehead atoms. The van der Waals surface area contributed by atoms with Crippen molar-refractivity contribution in [1.29, 1.82) is 0 Å². The minimum absolute atomic E-state index is 0.0561. The average molecular weight is 389 g/mol. The van der Waals surface area contributed by atoms with Crippen molar-refractivity contribution in [3.8, 4) is 0 Å². The molecule has 5 nitrogen and oxygen atoms in total. The molecule has 0 fully saturated rings. The molecule has 0 saturated carbocycles. The Labute approximate surface area is 162 Å². The second-order valence-corrected chi connectivity index (χ2v) is 9.90. The zero-order chi connectivity index (χ0) is 20.4. The molecular formula is C21H28N2O3S. The van der Waals surface area contributed by atoms with Crippen LogP contribution in [-0.2, 0) is 20.2 Å². The predicted octanol–water partition coefficient (Wildman–Crippen LogP) is 3.86. The van der Waals surface area contributed by atoms with Gasteiger partial charge < -0.3 is 5.32 Å². The van der Waals surface area contributed by atoms with E-state index in [0.717, 1.165) is 26.7 Å². The lowest BCUT2D eigenvalue weighted by molar-refractivity contribution is -0.116. The van der Waals surface area contributed by atoms with E-state index in [4.69, 9.17) is 0 Å². The maximum atomic E-state index is 12.8. The van der Waals surface area contributed by atoms with Gasteiger partial charge in [-0.2, -0.15) is 4.31 Å². The maximum absolute atomic E-state index is 12.8. The molecular weight excluding hydrogens is 360 g/mol. The van der Waals surface area contributed by atoms with E-state index in [1.54, 1.807) is 12.1 Å². The van der Waals surface area contributed by atoms with Gasteiger partial charge in [0.2, 0.25) is 15.9 Å². The van der Waals surface area contributed by atoms with Crippen molar-refractivity contribution in [2.45, 2.75) is 44.9 Å². The number of hydrogen-bond acceptors (Lipinski definition) is 3. The Bertz CT molecular complexity index is 907. The molecule has 1 N–H and O–H groups in total. The number of likely N-dealkylation sites (N-methyl/N-ethyl adjacent to an activating group) is 1. The first-order valence-corrected chi connectivity index (χ1v) is 10.3. The predicted molar refractivity (Wildman–Crippen MR) is 110 cm³/mol. The number of nitrogens with one attached hydrogen (secondary N) is 1. The summed E-state index contributed by atoms with van der Waals surface area (Å²) in [5.41, 5.74) is 3.59. The molecule has 0 aliphatic heterocycles. The quantitative estimate of drug-likeness (QED) is 0.846. The van der Waals surface area contributed by atoms with E-state index in [1.807, 2.05) is 44.2 Å².